The number of H-pyrrole nitrogens is 1. The lowest BCUT2D eigenvalue weighted by Crippen LogP contribution is -2.38. The van der Waals surface area contributed by atoms with Crippen LogP contribution in [0.5, 0.6) is 5.75 Å². The molecular weight excluding hydrogens is 482 g/mol. The summed E-state index contributed by atoms with van der Waals surface area (Å²) in [5.74, 6) is 0.297. The fourth-order valence-corrected chi connectivity index (χ4v) is 5.90. The van der Waals surface area contributed by atoms with Crippen LogP contribution in [0.25, 0.3) is 21.3 Å². The highest BCUT2D eigenvalue weighted by Gasteiger charge is 2.26. The van der Waals surface area contributed by atoms with E-state index in [-0.39, 0.29) is 29.6 Å². The van der Waals surface area contributed by atoms with Gasteiger partial charge in [-0.2, -0.15) is 0 Å². The molecule has 0 saturated carbocycles. The number of hydrogen-bond acceptors (Lipinski definition) is 7. The molecule has 5 rings (SSSR count). The quantitative estimate of drug-likeness (QED) is 0.168. The van der Waals surface area contributed by atoms with E-state index in [0.29, 0.717) is 38.9 Å². The normalized spacial score (nSPS) is 12.9. The van der Waals surface area contributed by atoms with Crippen molar-refractivity contribution < 1.29 is 14.3 Å². The number of hydrogen-bond donors (Lipinski definition) is 1. The molecule has 1 amide bonds. The van der Waals surface area contributed by atoms with E-state index in [4.69, 9.17) is 4.74 Å². The van der Waals surface area contributed by atoms with E-state index in [0.717, 1.165) is 16.0 Å². The molecule has 0 unspecified atom stereocenters. The first-order chi connectivity index (χ1) is 17.0. The molecule has 0 radical (unpaired) electrons. The number of aromatic nitrogens is 2. The Labute approximate surface area is 209 Å². The van der Waals surface area contributed by atoms with Crippen LogP contribution in [0, 0.1) is 6.92 Å². The number of carbonyl (C=O) groups is 2. The van der Waals surface area contributed by atoms with Gasteiger partial charge in [-0.25, -0.2) is 4.98 Å². The highest BCUT2D eigenvalue weighted by Crippen LogP contribution is 2.36. The number of Topliss-reactive ketones (excluding diaryl/α,β-unsaturated/α-hetero) is 1. The number of aryl methyl sites for hydroxylation is 1. The molecule has 0 atom stereocenters. The number of nitrogens with one attached hydrogen (secondary N) is 1. The summed E-state index contributed by atoms with van der Waals surface area (Å²) in [6, 6.07) is 14.8. The third-order valence-corrected chi connectivity index (χ3v) is 7.53. The second-order valence-corrected chi connectivity index (χ2v) is 10.1. The Morgan fingerprint density at radius 3 is 2.83 bits per heavy atom. The summed E-state index contributed by atoms with van der Waals surface area (Å²) in [5, 5.41) is 0.956. The van der Waals surface area contributed by atoms with Crippen LogP contribution in [0.3, 0.4) is 0 Å². The molecule has 0 aliphatic carbocycles. The predicted octanol–water partition coefficient (Wildman–Crippen LogP) is 4.85. The van der Waals surface area contributed by atoms with E-state index in [9.17, 15) is 14.4 Å². The van der Waals surface area contributed by atoms with Crippen molar-refractivity contribution >= 4 is 50.7 Å². The summed E-state index contributed by atoms with van der Waals surface area (Å²) in [7, 11) is 0. The minimum absolute atomic E-state index is 0.0420. The van der Waals surface area contributed by atoms with Gasteiger partial charge in [-0.15, -0.1) is 17.9 Å². The minimum atomic E-state index is -0.224. The first kappa shape index (κ1) is 23.1. The van der Waals surface area contributed by atoms with Crippen LogP contribution in [-0.4, -0.2) is 40.6 Å². The summed E-state index contributed by atoms with van der Waals surface area (Å²) in [6.45, 7) is 5.96. The largest absolute Gasteiger partial charge is 0.482 e. The van der Waals surface area contributed by atoms with Crippen molar-refractivity contribution in [1.82, 2.24) is 9.97 Å². The molecule has 3 heterocycles. The maximum absolute atomic E-state index is 13.0. The van der Waals surface area contributed by atoms with Crippen LogP contribution in [0.15, 0.2) is 71.1 Å². The Morgan fingerprint density at radius 2 is 2.06 bits per heavy atom. The summed E-state index contributed by atoms with van der Waals surface area (Å²) in [6.07, 6.45) is 1.63. The Hall–Kier alpha value is -3.69. The number of ketones is 1. The van der Waals surface area contributed by atoms with Crippen molar-refractivity contribution in [3.05, 3.63) is 82.0 Å². The van der Waals surface area contributed by atoms with Gasteiger partial charge in [0.25, 0.3) is 11.5 Å². The molecule has 1 aliphatic heterocycles. The van der Waals surface area contributed by atoms with Crippen molar-refractivity contribution in [1.29, 1.82) is 0 Å². The van der Waals surface area contributed by atoms with Crippen LogP contribution in [-0.2, 0) is 4.79 Å². The number of carbonyl (C=O) groups excluding carboxylic acids is 2. The third-order valence-electron chi connectivity index (χ3n) is 5.65. The number of rotatable bonds is 7. The standard InChI is InChI=1S/C26H21N3O4S2/c1-3-11-29-18-12-17(9-10-20(18)33-13-21(29)31)19(30)14-34-26-27-24(32)23-22(15(2)35-25(23)28-26)16-7-5-4-6-8-16/h3-10,12H,1,11,13-14H2,2H3,(H,27,28,32). The summed E-state index contributed by atoms with van der Waals surface area (Å²) in [5.41, 5.74) is 2.64. The fourth-order valence-electron chi connectivity index (χ4n) is 4.04. The molecule has 0 saturated heterocycles. The molecule has 9 heteroatoms. The van der Waals surface area contributed by atoms with Crippen molar-refractivity contribution in [2.24, 2.45) is 0 Å². The third kappa shape index (κ3) is 4.40. The smallest absolute Gasteiger partial charge is 0.265 e. The number of anilines is 1. The Balaban J connectivity index is 1.38. The van der Waals surface area contributed by atoms with Crippen LogP contribution in [0.4, 0.5) is 5.69 Å². The summed E-state index contributed by atoms with van der Waals surface area (Å²) < 4.78 is 5.48. The minimum Gasteiger partial charge on any atom is -0.482 e. The SMILES string of the molecule is C=CCN1C(=O)COc2ccc(C(=O)CSc3nc4sc(C)c(-c5ccccc5)c4c(=O)[nH]3)cc21. The van der Waals surface area contributed by atoms with Gasteiger partial charge in [0.15, 0.2) is 17.5 Å². The highest BCUT2D eigenvalue weighted by molar-refractivity contribution is 7.99. The first-order valence-electron chi connectivity index (χ1n) is 10.9. The van der Waals surface area contributed by atoms with Gasteiger partial charge in [-0.1, -0.05) is 48.2 Å². The van der Waals surface area contributed by atoms with Crippen molar-refractivity contribution in [2.45, 2.75) is 12.1 Å². The zero-order chi connectivity index (χ0) is 24.5. The lowest BCUT2D eigenvalue weighted by Gasteiger charge is -2.28. The molecule has 176 valence electrons. The average molecular weight is 504 g/mol. The maximum atomic E-state index is 13.0. The number of benzene rings is 2. The number of aromatic amines is 1. The lowest BCUT2D eigenvalue weighted by molar-refractivity contribution is -0.121. The van der Waals surface area contributed by atoms with Gasteiger partial charge in [0, 0.05) is 22.5 Å². The molecule has 1 aliphatic rings. The molecule has 0 fully saturated rings. The van der Waals surface area contributed by atoms with Gasteiger partial charge >= 0.3 is 0 Å². The highest BCUT2D eigenvalue weighted by atomic mass is 32.2. The van der Waals surface area contributed by atoms with E-state index in [1.54, 1.807) is 29.2 Å². The van der Waals surface area contributed by atoms with Gasteiger partial charge < -0.3 is 14.6 Å². The Kier molecular flexibility index (Phi) is 6.27. The average Bonchev–Trinajstić information content (AvgIpc) is 3.20. The van der Waals surface area contributed by atoms with Crippen LogP contribution in [0.1, 0.15) is 15.2 Å². The van der Waals surface area contributed by atoms with Gasteiger partial charge in [-0.05, 0) is 30.7 Å². The number of fused-ring (bicyclic) bond motifs is 2. The molecule has 0 bridgehead atoms. The number of ether oxygens (including phenoxy) is 1. The maximum Gasteiger partial charge on any atom is 0.265 e. The summed E-state index contributed by atoms with van der Waals surface area (Å²) in [4.78, 5) is 48.8. The van der Waals surface area contributed by atoms with Crippen LogP contribution < -0.4 is 15.2 Å². The van der Waals surface area contributed by atoms with E-state index in [2.05, 4.69) is 16.5 Å². The number of thioether (sulfide) groups is 1. The van der Waals surface area contributed by atoms with Crippen LogP contribution >= 0.6 is 23.1 Å². The second kappa shape index (κ2) is 9.52. The molecule has 1 N–H and O–H groups in total. The first-order valence-corrected chi connectivity index (χ1v) is 12.7. The van der Waals surface area contributed by atoms with E-state index in [1.165, 1.54) is 23.1 Å². The van der Waals surface area contributed by atoms with Crippen LogP contribution in [0.2, 0.25) is 0 Å². The molecule has 35 heavy (non-hydrogen) atoms. The topological polar surface area (TPSA) is 92.4 Å². The molecule has 2 aromatic carbocycles. The molecule has 7 nitrogen and oxygen atoms in total. The van der Waals surface area contributed by atoms with Crippen molar-refractivity contribution in [2.75, 3.05) is 23.8 Å². The van der Waals surface area contributed by atoms with E-state index < -0.39 is 0 Å². The Bertz CT molecular complexity index is 1530. The molecule has 4 aromatic rings. The van der Waals surface area contributed by atoms with E-state index >= 15 is 0 Å². The molecular formula is C26H21N3O4S2. The van der Waals surface area contributed by atoms with Gasteiger partial charge in [0.2, 0.25) is 0 Å². The zero-order valence-electron chi connectivity index (χ0n) is 18.9. The number of nitrogens with zero attached hydrogens (tertiary/aromatic N) is 2. The van der Waals surface area contributed by atoms with Gasteiger partial charge in [-0.3, -0.25) is 14.4 Å². The van der Waals surface area contributed by atoms with Crippen molar-refractivity contribution in [3.8, 4) is 16.9 Å². The molecule has 2 aromatic heterocycles. The lowest BCUT2D eigenvalue weighted by atomic mass is 10.0. The molecule has 0 spiro atoms. The fraction of sp³-hybridized carbons (Fsp3) is 0.154. The number of thiophene rings is 1. The van der Waals surface area contributed by atoms with Gasteiger partial charge in [0.1, 0.15) is 10.6 Å². The van der Waals surface area contributed by atoms with E-state index in [1.807, 2.05) is 37.3 Å². The monoisotopic (exact) mass is 503 g/mol. The summed E-state index contributed by atoms with van der Waals surface area (Å²) >= 11 is 2.64. The Morgan fingerprint density at radius 1 is 1.26 bits per heavy atom. The zero-order valence-corrected chi connectivity index (χ0v) is 20.5. The van der Waals surface area contributed by atoms with Crippen molar-refractivity contribution in [3.63, 3.8) is 0 Å². The van der Waals surface area contributed by atoms with Gasteiger partial charge in [0.05, 0.1) is 16.8 Å². The predicted molar refractivity (Wildman–Crippen MR) is 140 cm³/mol. The second-order valence-electron chi connectivity index (χ2n) is 7.93. The number of amides is 1.